The molecule has 1 aromatic rings. The van der Waals surface area contributed by atoms with Gasteiger partial charge in [-0.1, -0.05) is 6.07 Å². The number of hydrogen-bond acceptors (Lipinski definition) is 4. The molecule has 100 valence electrons. The summed E-state index contributed by atoms with van der Waals surface area (Å²) < 4.78 is 0. The van der Waals surface area contributed by atoms with Crippen LogP contribution in [0.4, 0.5) is 0 Å². The average molecular weight is 267 g/mol. The molecule has 0 spiro atoms. The number of amides is 1. The zero-order valence-corrected chi connectivity index (χ0v) is 11.7. The van der Waals surface area contributed by atoms with Gasteiger partial charge >= 0.3 is 0 Å². The second-order valence-corrected chi connectivity index (χ2v) is 5.86. The van der Waals surface area contributed by atoms with Crippen molar-refractivity contribution >= 4 is 17.2 Å². The zero-order chi connectivity index (χ0) is 13.0. The van der Waals surface area contributed by atoms with Crippen molar-refractivity contribution in [3.8, 4) is 0 Å². The first kappa shape index (κ1) is 13.5. The molecule has 1 aliphatic rings. The van der Waals surface area contributed by atoms with Gasteiger partial charge in [-0.15, -0.1) is 11.3 Å². The first-order valence-corrected chi connectivity index (χ1v) is 7.29. The van der Waals surface area contributed by atoms with Crippen LogP contribution in [0, 0.1) is 0 Å². The van der Waals surface area contributed by atoms with Crippen molar-refractivity contribution < 1.29 is 4.79 Å². The minimum atomic E-state index is 0.184. The number of likely N-dealkylation sites (N-methyl/N-ethyl adjacent to an activating group) is 1. The molecule has 2 N–H and O–H groups in total. The van der Waals surface area contributed by atoms with Crippen LogP contribution in [0.1, 0.15) is 17.7 Å². The Morgan fingerprint density at radius 2 is 2.50 bits per heavy atom. The van der Waals surface area contributed by atoms with E-state index in [1.807, 2.05) is 18.5 Å². The molecular weight excluding hydrogens is 246 g/mol. The molecule has 5 heteroatoms. The molecule has 1 amide bonds. The van der Waals surface area contributed by atoms with Crippen molar-refractivity contribution in [2.75, 3.05) is 26.7 Å². The first-order chi connectivity index (χ1) is 8.70. The number of hydrogen-bond donors (Lipinski definition) is 1. The third-order valence-corrected chi connectivity index (χ3v) is 4.37. The molecule has 2 heterocycles. The smallest absolute Gasteiger partial charge is 0.236 e. The Morgan fingerprint density at radius 3 is 3.17 bits per heavy atom. The van der Waals surface area contributed by atoms with Gasteiger partial charge in [0, 0.05) is 24.5 Å². The SMILES string of the molecule is CN(Cc1cccs1)C(=O)CN1CCCC1CN. The molecule has 1 unspecified atom stereocenters. The molecule has 0 bridgehead atoms. The highest BCUT2D eigenvalue weighted by Gasteiger charge is 2.25. The van der Waals surface area contributed by atoms with Crippen LogP contribution in [-0.2, 0) is 11.3 Å². The number of nitrogens with zero attached hydrogens (tertiary/aromatic N) is 2. The van der Waals surface area contributed by atoms with Crippen LogP contribution < -0.4 is 5.73 Å². The molecule has 1 aromatic heterocycles. The van der Waals surface area contributed by atoms with E-state index in [2.05, 4.69) is 11.0 Å². The Bertz CT molecular complexity index is 380. The Balaban J connectivity index is 1.83. The van der Waals surface area contributed by atoms with Crippen LogP contribution in [0.15, 0.2) is 17.5 Å². The van der Waals surface area contributed by atoms with E-state index in [0.29, 0.717) is 25.7 Å². The standard InChI is InChI=1S/C13H21N3OS/c1-15(9-12-5-3-7-18-12)13(17)10-16-6-2-4-11(16)8-14/h3,5,7,11H,2,4,6,8-10,14H2,1H3. The van der Waals surface area contributed by atoms with Gasteiger partial charge in [0.05, 0.1) is 13.1 Å². The lowest BCUT2D eigenvalue weighted by Crippen LogP contribution is -2.42. The summed E-state index contributed by atoms with van der Waals surface area (Å²) in [6, 6.07) is 4.47. The molecule has 0 saturated carbocycles. The predicted molar refractivity (Wildman–Crippen MR) is 74.4 cm³/mol. The molecular formula is C13H21N3OS. The van der Waals surface area contributed by atoms with Gasteiger partial charge in [0.25, 0.3) is 0 Å². The number of thiophene rings is 1. The van der Waals surface area contributed by atoms with E-state index in [-0.39, 0.29) is 5.91 Å². The second kappa shape index (κ2) is 6.31. The Hall–Kier alpha value is -0.910. The van der Waals surface area contributed by atoms with Crippen molar-refractivity contribution in [1.82, 2.24) is 9.80 Å². The Morgan fingerprint density at radius 1 is 1.67 bits per heavy atom. The van der Waals surface area contributed by atoms with Crippen molar-refractivity contribution in [2.45, 2.75) is 25.4 Å². The molecule has 0 aliphatic carbocycles. The predicted octanol–water partition coefficient (Wildman–Crippen LogP) is 1.13. The van der Waals surface area contributed by atoms with Gasteiger partial charge in [-0.05, 0) is 30.8 Å². The topological polar surface area (TPSA) is 49.6 Å². The highest BCUT2D eigenvalue weighted by molar-refractivity contribution is 7.09. The number of likely N-dealkylation sites (tertiary alicyclic amines) is 1. The highest BCUT2D eigenvalue weighted by atomic mass is 32.1. The van der Waals surface area contributed by atoms with Gasteiger partial charge in [-0.25, -0.2) is 0 Å². The number of rotatable bonds is 5. The van der Waals surface area contributed by atoms with Crippen LogP contribution in [-0.4, -0.2) is 48.4 Å². The van der Waals surface area contributed by atoms with Crippen LogP contribution >= 0.6 is 11.3 Å². The maximum absolute atomic E-state index is 12.1. The number of carbonyl (C=O) groups is 1. The van der Waals surface area contributed by atoms with Gasteiger partial charge in [-0.2, -0.15) is 0 Å². The molecule has 1 saturated heterocycles. The van der Waals surface area contributed by atoms with Gasteiger partial charge in [0.2, 0.25) is 5.91 Å². The number of nitrogens with two attached hydrogens (primary N) is 1. The molecule has 1 fully saturated rings. The van der Waals surface area contributed by atoms with E-state index in [4.69, 9.17) is 5.73 Å². The van der Waals surface area contributed by atoms with Crippen LogP contribution in [0.25, 0.3) is 0 Å². The molecule has 2 rings (SSSR count). The maximum atomic E-state index is 12.1. The molecule has 4 nitrogen and oxygen atoms in total. The van der Waals surface area contributed by atoms with Crippen molar-refractivity contribution in [2.24, 2.45) is 5.73 Å². The van der Waals surface area contributed by atoms with Crippen LogP contribution in [0.5, 0.6) is 0 Å². The lowest BCUT2D eigenvalue weighted by atomic mass is 10.2. The van der Waals surface area contributed by atoms with Gasteiger partial charge in [0.1, 0.15) is 0 Å². The van der Waals surface area contributed by atoms with Crippen molar-refractivity contribution in [3.05, 3.63) is 22.4 Å². The van der Waals surface area contributed by atoms with Crippen LogP contribution in [0.2, 0.25) is 0 Å². The molecule has 1 atom stereocenters. The summed E-state index contributed by atoms with van der Waals surface area (Å²) in [6.45, 7) is 2.86. The average Bonchev–Trinajstić information content (AvgIpc) is 2.99. The summed E-state index contributed by atoms with van der Waals surface area (Å²) in [4.78, 5) is 17.4. The third kappa shape index (κ3) is 3.31. The van der Waals surface area contributed by atoms with Gasteiger partial charge in [0.15, 0.2) is 0 Å². The van der Waals surface area contributed by atoms with Crippen LogP contribution in [0.3, 0.4) is 0 Å². The second-order valence-electron chi connectivity index (χ2n) is 4.83. The van der Waals surface area contributed by atoms with E-state index in [9.17, 15) is 4.79 Å². The van der Waals surface area contributed by atoms with Gasteiger partial charge in [-0.3, -0.25) is 9.69 Å². The normalized spacial score (nSPS) is 20.2. The minimum absolute atomic E-state index is 0.184. The molecule has 0 radical (unpaired) electrons. The fourth-order valence-corrected chi connectivity index (χ4v) is 3.15. The number of carbonyl (C=O) groups excluding carboxylic acids is 1. The lowest BCUT2D eigenvalue weighted by molar-refractivity contribution is -0.131. The third-order valence-electron chi connectivity index (χ3n) is 3.51. The summed E-state index contributed by atoms with van der Waals surface area (Å²) >= 11 is 1.69. The lowest BCUT2D eigenvalue weighted by Gasteiger charge is -2.25. The first-order valence-electron chi connectivity index (χ1n) is 6.41. The van der Waals surface area contributed by atoms with Gasteiger partial charge < -0.3 is 10.6 Å². The summed E-state index contributed by atoms with van der Waals surface area (Å²) in [5.41, 5.74) is 5.72. The fourth-order valence-electron chi connectivity index (χ4n) is 2.39. The highest BCUT2D eigenvalue weighted by Crippen LogP contribution is 2.16. The zero-order valence-electron chi connectivity index (χ0n) is 10.8. The fraction of sp³-hybridized carbons (Fsp3) is 0.615. The van der Waals surface area contributed by atoms with E-state index in [1.54, 1.807) is 16.2 Å². The van der Waals surface area contributed by atoms with Crippen molar-refractivity contribution in [3.63, 3.8) is 0 Å². The Kier molecular flexibility index (Phi) is 4.74. The van der Waals surface area contributed by atoms with E-state index in [0.717, 1.165) is 19.4 Å². The molecule has 18 heavy (non-hydrogen) atoms. The molecule has 1 aliphatic heterocycles. The largest absolute Gasteiger partial charge is 0.340 e. The van der Waals surface area contributed by atoms with E-state index < -0.39 is 0 Å². The monoisotopic (exact) mass is 267 g/mol. The summed E-state index contributed by atoms with van der Waals surface area (Å²) in [7, 11) is 1.87. The van der Waals surface area contributed by atoms with Crippen molar-refractivity contribution in [1.29, 1.82) is 0 Å². The summed E-state index contributed by atoms with van der Waals surface area (Å²) in [5.74, 6) is 0.184. The summed E-state index contributed by atoms with van der Waals surface area (Å²) in [5, 5.41) is 2.04. The maximum Gasteiger partial charge on any atom is 0.236 e. The quantitative estimate of drug-likeness (QED) is 0.870. The van der Waals surface area contributed by atoms with E-state index >= 15 is 0 Å². The van der Waals surface area contributed by atoms with E-state index in [1.165, 1.54) is 4.88 Å². The summed E-state index contributed by atoms with van der Waals surface area (Å²) in [6.07, 6.45) is 2.28. The Labute approximate surface area is 112 Å². The minimum Gasteiger partial charge on any atom is -0.340 e. The molecule has 0 aromatic carbocycles.